The molecule has 1 fully saturated rings. The number of nitrogens with one attached hydrogen (secondary N) is 1. The minimum atomic E-state index is -1.55. The summed E-state index contributed by atoms with van der Waals surface area (Å²) < 4.78 is 11.3. The summed E-state index contributed by atoms with van der Waals surface area (Å²) in [4.78, 5) is 13.0. The zero-order valence-corrected chi connectivity index (χ0v) is 39.2. The fraction of sp³-hybridized carbons (Fsp3) is 0.941. The number of ether oxygens (including phenoxy) is 2. The standard InChI is InChI=1S/C51H99NO8/c1-3-5-7-9-11-13-15-17-19-20-21-22-23-24-25-26-27-29-31-33-35-37-39-41-47(55)52-44(43-59-51-50(58)49(57)48(56)46(42-53)60-51)45(54)40-38-36-34-32-30-28-18-16-14-12-10-8-6-4-2/h20-21,44-46,48-51,53-54,56-58H,3-19,22-43H2,1-2H3,(H,52,55)/b21-20-. The lowest BCUT2D eigenvalue weighted by molar-refractivity contribution is -0.302. The Hall–Kier alpha value is -1.07. The van der Waals surface area contributed by atoms with E-state index < -0.39 is 49.5 Å². The molecule has 0 aromatic heterocycles. The highest BCUT2D eigenvalue weighted by atomic mass is 16.7. The molecule has 0 aliphatic carbocycles. The molecule has 1 heterocycles. The molecule has 0 aromatic rings. The number of carbonyl (C=O) groups excluding carboxylic acids is 1. The molecule has 60 heavy (non-hydrogen) atoms. The van der Waals surface area contributed by atoms with Gasteiger partial charge in [0.1, 0.15) is 24.4 Å². The Bertz CT molecular complexity index is 950. The zero-order chi connectivity index (χ0) is 43.7. The third-order valence-corrected chi connectivity index (χ3v) is 12.6. The van der Waals surface area contributed by atoms with Gasteiger partial charge in [0, 0.05) is 6.42 Å². The summed E-state index contributed by atoms with van der Waals surface area (Å²) in [6.45, 7) is 3.85. The van der Waals surface area contributed by atoms with Crippen LogP contribution in [0.4, 0.5) is 0 Å². The lowest BCUT2D eigenvalue weighted by atomic mass is 9.99. The van der Waals surface area contributed by atoms with E-state index in [1.54, 1.807) is 0 Å². The van der Waals surface area contributed by atoms with Crippen molar-refractivity contribution in [3.8, 4) is 0 Å². The number of carbonyl (C=O) groups is 1. The molecule has 9 nitrogen and oxygen atoms in total. The van der Waals surface area contributed by atoms with Crippen LogP contribution in [0.15, 0.2) is 12.2 Å². The molecule has 0 bridgehead atoms. The van der Waals surface area contributed by atoms with Crippen molar-refractivity contribution in [2.24, 2.45) is 0 Å². The van der Waals surface area contributed by atoms with Gasteiger partial charge in [0.05, 0.1) is 25.4 Å². The van der Waals surface area contributed by atoms with Crippen molar-refractivity contribution in [1.82, 2.24) is 5.32 Å². The molecule has 0 spiro atoms. The Morgan fingerprint density at radius 1 is 0.550 bits per heavy atom. The second-order valence-corrected chi connectivity index (χ2v) is 18.3. The molecule has 6 N–H and O–H groups in total. The molecule has 1 aliphatic rings. The van der Waals surface area contributed by atoms with E-state index >= 15 is 0 Å². The summed E-state index contributed by atoms with van der Waals surface area (Å²) in [5.41, 5.74) is 0. The average Bonchev–Trinajstić information content (AvgIpc) is 3.25. The summed E-state index contributed by atoms with van der Waals surface area (Å²) in [5.74, 6) is -0.142. The third-order valence-electron chi connectivity index (χ3n) is 12.6. The van der Waals surface area contributed by atoms with Gasteiger partial charge < -0.3 is 40.3 Å². The van der Waals surface area contributed by atoms with Gasteiger partial charge in [0.2, 0.25) is 5.91 Å². The van der Waals surface area contributed by atoms with E-state index in [4.69, 9.17) is 9.47 Å². The molecule has 0 saturated carbocycles. The third kappa shape index (κ3) is 31.7. The quantitative estimate of drug-likeness (QED) is 0.0262. The van der Waals surface area contributed by atoms with Crippen molar-refractivity contribution in [2.45, 2.75) is 294 Å². The van der Waals surface area contributed by atoms with E-state index in [1.807, 2.05) is 0 Å². The molecule has 9 heteroatoms. The first-order valence-electron chi connectivity index (χ1n) is 25.9. The zero-order valence-electron chi connectivity index (χ0n) is 39.2. The van der Waals surface area contributed by atoms with Crippen LogP contribution in [0.2, 0.25) is 0 Å². The molecule has 1 aliphatic heterocycles. The number of unbranched alkanes of at least 4 members (excludes halogenated alkanes) is 32. The van der Waals surface area contributed by atoms with Crippen LogP contribution in [0, 0.1) is 0 Å². The number of hydrogen-bond acceptors (Lipinski definition) is 8. The Labute approximate surface area is 369 Å². The molecule has 7 unspecified atom stereocenters. The van der Waals surface area contributed by atoms with Gasteiger partial charge in [0.15, 0.2) is 6.29 Å². The van der Waals surface area contributed by atoms with E-state index in [0.717, 1.165) is 38.5 Å². The maximum atomic E-state index is 13.0. The summed E-state index contributed by atoms with van der Waals surface area (Å²) in [5, 5.41) is 54.5. The van der Waals surface area contributed by atoms with Gasteiger partial charge in [0.25, 0.3) is 0 Å². The van der Waals surface area contributed by atoms with E-state index in [2.05, 4.69) is 31.3 Å². The fourth-order valence-electron chi connectivity index (χ4n) is 8.45. The van der Waals surface area contributed by atoms with Crippen molar-refractivity contribution in [3.05, 3.63) is 12.2 Å². The lowest BCUT2D eigenvalue weighted by Gasteiger charge is -2.40. The molecule has 1 saturated heterocycles. The van der Waals surface area contributed by atoms with Gasteiger partial charge in [-0.25, -0.2) is 0 Å². The number of aliphatic hydroxyl groups is 5. The van der Waals surface area contributed by atoms with Crippen LogP contribution in [-0.4, -0.2) is 87.5 Å². The minimum Gasteiger partial charge on any atom is -0.394 e. The van der Waals surface area contributed by atoms with Crippen LogP contribution in [-0.2, 0) is 14.3 Å². The smallest absolute Gasteiger partial charge is 0.220 e. The Morgan fingerprint density at radius 2 is 0.933 bits per heavy atom. The monoisotopic (exact) mass is 854 g/mol. The van der Waals surface area contributed by atoms with Crippen LogP contribution in [0.5, 0.6) is 0 Å². The van der Waals surface area contributed by atoms with Gasteiger partial charge in [-0.15, -0.1) is 0 Å². The van der Waals surface area contributed by atoms with Crippen LogP contribution >= 0.6 is 0 Å². The van der Waals surface area contributed by atoms with Crippen LogP contribution in [0.3, 0.4) is 0 Å². The molecule has 356 valence electrons. The SMILES string of the molecule is CCCCCCCCCC/C=C\CCCCCCCCCCCCCC(=O)NC(COC1OC(CO)C(O)C(O)C1O)C(O)CCCCCCCCCCCCCCCC. The van der Waals surface area contributed by atoms with Crippen LogP contribution < -0.4 is 5.32 Å². The molecule has 0 radical (unpaired) electrons. The molecule has 0 aromatic carbocycles. The van der Waals surface area contributed by atoms with Gasteiger partial charge in [-0.1, -0.05) is 219 Å². The van der Waals surface area contributed by atoms with Crippen molar-refractivity contribution < 1.29 is 39.8 Å². The number of allylic oxidation sites excluding steroid dienone is 2. The van der Waals surface area contributed by atoms with E-state index in [-0.39, 0.29) is 12.5 Å². The number of aliphatic hydroxyl groups excluding tert-OH is 5. The highest BCUT2D eigenvalue weighted by Crippen LogP contribution is 2.23. The summed E-state index contributed by atoms with van der Waals surface area (Å²) in [6, 6.07) is -0.715. The van der Waals surface area contributed by atoms with Crippen molar-refractivity contribution >= 4 is 5.91 Å². The van der Waals surface area contributed by atoms with Crippen molar-refractivity contribution in [1.29, 1.82) is 0 Å². The first kappa shape index (κ1) is 56.9. The summed E-state index contributed by atoms with van der Waals surface area (Å²) in [7, 11) is 0. The van der Waals surface area contributed by atoms with Gasteiger partial charge in [-0.3, -0.25) is 4.79 Å². The molecule has 1 rings (SSSR count). The second-order valence-electron chi connectivity index (χ2n) is 18.3. The second kappa shape index (κ2) is 41.9. The number of hydrogen-bond donors (Lipinski definition) is 6. The minimum absolute atomic E-state index is 0.134. The van der Waals surface area contributed by atoms with E-state index in [0.29, 0.717) is 12.8 Å². The Balaban J connectivity index is 2.23. The highest BCUT2D eigenvalue weighted by molar-refractivity contribution is 5.76. The topological polar surface area (TPSA) is 149 Å². The maximum absolute atomic E-state index is 13.0. The largest absolute Gasteiger partial charge is 0.394 e. The first-order valence-corrected chi connectivity index (χ1v) is 25.9. The Morgan fingerprint density at radius 3 is 1.35 bits per heavy atom. The predicted molar refractivity (Wildman–Crippen MR) is 249 cm³/mol. The molecular weight excluding hydrogens is 755 g/mol. The number of rotatable bonds is 44. The predicted octanol–water partition coefficient (Wildman–Crippen LogP) is 11.7. The number of amides is 1. The maximum Gasteiger partial charge on any atom is 0.220 e. The average molecular weight is 854 g/mol. The van der Waals surface area contributed by atoms with Crippen LogP contribution in [0.1, 0.15) is 251 Å². The van der Waals surface area contributed by atoms with E-state index in [1.165, 1.54) is 186 Å². The van der Waals surface area contributed by atoms with Crippen molar-refractivity contribution in [2.75, 3.05) is 13.2 Å². The lowest BCUT2D eigenvalue weighted by Crippen LogP contribution is -2.60. The molecule has 1 amide bonds. The highest BCUT2D eigenvalue weighted by Gasteiger charge is 2.44. The first-order chi connectivity index (χ1) is 29.3. The summed E-state index contributed by atoms with van der Waals surface area (Å²) >= 11 is 0. The van der Waals surface area contributed by atoms with Gasteiger partial charge in [-0.2, -0.15) is 0 Å². The fourth-order valence-corrected chi connectivity index (χ4v) is 8.45. The van der Waals surface area contributed by atoms with Crippen LogP contribution in [0.25, 0.3) is 0 Å². The molecule has 7 atom stereocenters. The Kier molecular flexibility index (Phi) is 39.8. The summed E-state index contributed by atoms with van der Waals surface area (Å²) in [6.07, 6.45) is 42.2. The van der Waals surface area contributed by atoms with Crippen molar-refractivity contribution in [3.63, 3.8) is 0 Å². The van der Waals surface area contributed by atoms with E-state index in [9.17, 15) is 30.3 Å². The molecular formula is C51H99NO8. The normalized spacial score (nSPS) is 20.6. The van der Waals surface area contributed by atoms with Gasteiger partial charge in [-0.05, 0) is 38.5 Å². The van der Waals surface area contributed by atoms with Gasteiger partial charge >= 0.3 is 0 Å².